The first-order valence-electron chi connectivity index (χ1n) is 6.01. The molecule has 0 radical (unpaired) electrons. The van der Waals surface area contributed by atoms with Crippen molar-refractivity contribution in [3.63, 3.8) is 0 Å². The fourth-order valence-corrected chi connectivity index (χ4v) is 2.16. The highest BCUT2D eigenvalue weighted by Crippen LogP contribution is 2.34. The van der Waals surface area contributed by atoms with E-state index in [4.69, 9.17) is 10.8 Å². The fourth-order valence-electron chi connectivity index (χ4n) is 2.16. The van der Waals surface area contributed by atoms with E-state index in [-0.39, 0.29) is 6.61 Å². The Morgan fingerprint density at radius 3 is 2.94 bits per heavy atom. The number of hydrogen-bond donors (Lipinski definition) is 2. The zero-order valence-electron chi connectivity index (χ0n) is 9.58. The van der Waals surface area contributed by atoms with Gasteiger partial charge in [0.1, 0.15) is 0 Å². The fraction of sp³-hybridized carbons (Fsp3) is 0.500. The zero-order chi connectivity index (χ0) is 11.8. The molecule has 0 aliphatic heterocycles. The summed E-state index contributed by atoms with van der Waals surface area (Å²) in [6.07, 6.45) is 3.62. The van der Waals surface area contributed by atoms with E-state index >= 15 is 0 Å². The highest BCUT2D eigenvalue weighted by molar-refractivity contribution is 5.40. The van der Waals surface area contributed by atoms with Crippen molar-refractivity contribution >= 4 is 5.65 Å². The van der Waals surface area contributed by atoms with Crippen molar-refractivity contribution in [3.05, 3.63) is 29.7 Å². The van der Waals surface area contributed by atoms with Crippen molar-refractivity contribution in [3.8, 4) is 0 Å². The molecule has 2 heterocycles. The summed E-state index contributed by atoms with van der Waals surface area (Å²) in [5.74, 6) is 1.42. The van der Waals surface area contributed by atoms with E-state index in [1.54, 1.807) is 4.52 Å². The van der Waals surface area contributed by atoms with Crippen LogP contribution < -0.4 is 5.73 Å². The van der Waals surface area contributed by atoms with Crippen LogP contribution in [0.3, 0.4) is 0 Å². The van der Waals surface area contributed by atoms with Crippen LogP contribution >= 0.6 is 0 Å². The quantitative estimate of drug-likeness (QED) is 0.827. The molecule has 2 aromatic heterocycles. The van der Waals surface area contributed by atoms with E-state index in [1.165, 1.54) is 19.3 Å². The van der Waals surface area contributed by atoms with Crippen LogP contribution in [-0.2, 0) is 0 Å². The maximum Gasteiger partial charge on any atom is 0.156 e. The SMILES string of the molecule is NC(CO)c1cccc2nc(C3CCC3)nn12. The van der Waals surface area contributed by atoms with Gasteiger partial charge in [0, 0.05) is 5.92 Å². The van der Waals surface area contributed by atoms with Gasteiger partial charge < -0.3 is 10.8 Å². The number of rotatable bonds is 3. The molecule has 2 aromatic rings. The molecule has 0 aromatic carbocycles. The first-order valence-corrected chi connectivity index (χ1v) is 6.01. The summed E-state index contributed by atoms with van der Waals surface area (Å²) in [5, 5.41) is 13.7. The number of pyridine rings is 1. The lowest BCUT2D eigenvalue weighted by atomic mass is 9.85. The Morgan fingerprint density at radius 2 is 2.29 bits per heavy atom. The molecular formula is C12H16N4O. The minimum absolute atomic E-state index is 0.0856. The molecule has 90 valence electrons. The van der Waals surface area contributed by atoms with Gasteiger partial charge in [-0.25, -0.2) is 9.50 Å². The Kier molecular flexibility index (Phi) is 2.57. The Morgan fingerprint density at radius 1 is 1.47 bits per heavy atom. The minimum atomic E-state index is -0.408. The molecule has 1 aliphatic rings. The van der Waals surface area contributed by atoms with E-state index in [0.717, 1.165) is 17.2 Å². The lowest BCUT2D eigenvalue weighted by molar-refractivity contribution is 0.264. The lowest BCUT2D eigenvalue weighted by Gasteiger charge is -2.21. The topological polar surface area (TPSA) is 76.4 Å². The number of nitrogens with two attached hydrogens (primary N) is 1. The van der Waals surface area contributed by atoms with Crippen molar-refractivity contribution in [2.24, 2.45) is 5.73 Å². The van der Waals surface area contributed by atoms with Crippen molar-refractivity contribution in [2.75, 3.05) is 6.61 Å². The van der Waals surface area contributed by atoms with Crippen LogP contribution in [-0.4, -0.2) is 26.3 Å². The molecule has 5 heteroatoms. The lowest BCUT2D eigenvalue weighted by Crippen LogP contribution is -2.18. The second-order valence-electron chi connectivity index (χ2n) is 4.61. The van der Waals surface area contributed by atoms with Gasteiger partial charge in [-0.1, -0.05) is 12.5 Å². The molecular weight excluding hydrogens is 216 g/mol. The average Bonchev–Trinajstić information content (AvgIpc) is 2.68. The Hall–Kier alpha value is -1.46. The third-order valence-corrected chi connectivity index (χ3v) is 3.45. The van der Waals surface area contributed by atoms with E-state index in [1.807, 2.05) is 18.2 Å². The van der Waals surface area contributed by atoms with Gasteiger partial charge in [0.25, 0.3) is 0 Å². The standard InChI is InChI=1S/C12H16N4O/c13-9(7-17)10-5-2-6-11-14-12(15-16(10)11)8-3-1-4-8/h2,5-6,8-9,17H,1,3-4,7,13H2. The van der Waals surface area contributed by atoms with E-state index < -0.39 is 6.04 Å². The van der Waals surface area contributed by atoms with Crippen molar-refractivity contribution in [1.29, 1.82) is 0 Å². The summed E-state index contributed by atoms with van der Waals surface area (Å²) in [5.41, 5.74) is 7.48. The summed E-state index contributed by atoms with van der Waals surface area (Å²) in [7, 11) is 0. The molecule has 1 unspecified atom stereocenters. The average molecular weight is 232 g/mol. The first kappa shape index (κ1) is 10.7. The highest BCUT2D eigenvalue weighted by Gasteiger charge is 2.24. The van der Waals surface area contributed by atoms with Crippen LogP contribution in [0.2, 0.25) is 0 Å². The van der Waals surface area contributed by atoms with Crippen LogP contribution in [0.4, 0.5) is 0 Å². The van der Waals surface area contributed by atoms with Gasteiger partial charge in [0.15, 0.2) is 11.5 Å². The van der Waals surface area contributed by atoms with E-state index in [0.29, 0.717) is 5.92 Å². The smallest absolute Gasteiger partial charge is 0.156 e. The van der Waals surface area contributed by atoms with Gasteiger partial charge in [-0.15, -0.1) is 0 Å². The molecule has 3 rings (SSSR count). The van der Waals surface area contributed by atoms with Crippen molar-refractivity contribution in [1.82, 2.24) is 14.6 Å². The third-order valence-electron chi connectivity index (χ3n) is 3.45. The van der Waals surface area contributed by atoms with Gasteiger partial charge in [-0.3, -0.25) is 0 Å². The summed E-state index contributed by atoms with van der Waals surface area (Å²) in [6, 6.07) is 5.30. The summed E-state index contributed by atoms with van der Waals surface area (Å²) >= 11 is 0. The zero-order valence-corrected chi connectivity index (χ0v) is 9.58. The van der Waals surface area contributed by atoms with Gasteiger partial charge >= 0.3 is 0 Å². The van der Waals surface area contributed by atoms with Crippen LogP contribution in [0.25, 0.3) is 5.65 Å². The molecule has 0 bridgehead atoms. The number of aliphatic hydroxyl groups excluding tert-OH is 1. The number of aliphatic hydroxyl groups is 1. The van der Waals surface area contributed by atoms with Crippen LogP contribution in [0.1, 0.15) is 42.7 Å². The number of hydrogen-bond acceptors (Lipinski definition) is 4. The third kappa shape index (κ3) is 1.71. The van der Waals surface area contributed by atoms with E-state index in [9.17, 15) is 0 Å². The van der Waals surface area contributed by atoms with Gasteiger partial charge in [-0.05, 0) is 25.0 Å². The van der Waals surface area contributed by atoms with Crippen LogP contribution in [0.15, 0.2) is 18.2 Å². The largest absolute Gasteiger partial charge is 0.394 e. The van der Waals surface area contributed by atoms with Crippen LogP contribution in [0, 0.1) is 0 Å². The molecule has 3 N–H and O–H groups in total. The highest BCUT2D eigenvalue weighted by atomic mass is 16.3. The Balaban J connectivity index is 2.07. The van der Waals surface area contributed by atoms with Crippen molar-refractivity contribution < 1.29 is 5.11 Å². The van der Waals surface area contributed by atoms with Crippen LogP contribution in [0.5, 0.6) is 0 Å². The molecule has 5 nitrogen and oxygen atoms in total. The molecule has 1 fully saturated rings. The number of aromatic nitrogens is 3. The van der Waals surface area contributed by atoms with E-state index in [2.05, 4.69) is 10.1 Å². The molecule has 1 aliphatic carbocycles. The maximum absolute atomic E-state index is 9.13. The predicted octanol–water partition coefficient (Wildman–Crippen LogP) is 0.989. The first-order chi connectivity index (χ1) is 8.29. The molecule has 0 amide bonds. The number of fused-ring (bicyclic) bond motifs is 1. The monoisotopic (exact) mass is 232 g/mol. The maximum atomic E-state index is 9.13. The molecule has 0 spiro atoms. The summed E-state index contributed by atoms with van der Waals surface area (Å²) in [6.45, 7) is -0.0856. The second-order valence-corrected chi connectivity index (χ2v) is 4.61. The van der Waals surface area contributed by atoms with Crippen molar-refractivity contribution in [2.45, 2.75) is 31.2 Å². The molecule has 0 saturated heterocycles. The summed E-state index contributed by atoms with van der Waals surface area (Å²) in [4.78, 5) is 4.53. The van der Waals surface area contributed by atoms with Gasteiger partial charge in [0.05, 0.1) is 18.3 Å². The number of nitrogens with zero attached hydrogens (tertiary/aromatic N) is 3. The molecule has 1 atom stereocenters. The van der Waals surface area contributed by atoms with Gasteiger partial charge in [0.2, 0.25) is 0 Å². The minimum Gasteiger partial charge on any atom is -0.394 e. The summed E-state index contributed by atoms with van der Waals surface area (Å²) < 4.78 is 1.76. The Bertz CT molecular complexity index is 532. The van der Waals surface area contributed by atoms with Gasteiger partial charge in [-0.2, -0.15) is 5.10 Å². The Labute approximate surface area is 99.3 Å². The normalized spacial score (nSPS) is 18.2. The predicted molar refractivity (Wildman–Crippen MR) is 63.6 cm³/mol. The second kappa shape index (κ2) is 4.09. The molecule has 17 heavy (non-hydrogen) atoms. The molecule has 1 saturated carbocycles.